The van der Waals surface area contributed by atoms with E-state index in [-0.39, 0.29) is 16.8 Å². The van der Waals surface area contributed by atoms with Gasteiger partial charge in [-0.05, 0) is 49.8 Å². The molecule has 0 atom stereocenters. The molecule has 2 aliphatic rings. The van der Waals surface area contributed by atoms with E-state index in [0.29, 0.717) is 30.3 Å². The van der Waals surface area contributed by atoms with Gasteiger partial charge in [-0.1, -0.05) is 19.8 Å². The molecule has 0 aromatic heterocycles. The highest BCUT2D eigenvalue weighted by atomic mass is 32.2. The Morgan fingerprint density at radius 1 is 1.15 bits per heavy atom. The lowest BCUT2D eigenvalue weighted by Gasteiger charge is -2.30. The van der Waals surface area contributed by atoms with Crippen LogP contribution in [0.2, 0.25) is 0 Å². The molecule has 1 aromatic rings. The summed E-state index contributed by atoms with van der Waals surface area (Å²) in [7, 11) is -0.306. The minimum Gasteiger partial charge on any atom is -0.496 e. The Morgan fingerprint density at radius 2 is 1.78 bits per heavy atom. The summed E-state index contributed by atoms with van der Waals surface area (Å²) in [5.41, 5.74) is 0.318. The highest BCUT2D eigenvalue weighted by Crippen LogP contribution is 2.30. The third-order valence-electron chi connectivity index (χ3n) is 5.97. The molecule has 1 saturated heterocycles. The second-order valence-electron chi connectivity index (χ2n) is 7.80. The molecule has 150 valence electrons. The molecule has 1 aliphatic carbocycles. The Morgan fingerprint density at radius 3 is 2.37 bits per heavy atom. The fourth-order valence-electron chi connectivity index (χ4n) is 4.04. The number of rotatable bonds is 5. The van der Waals surface area contributed by atoms with Crippen LogP contribution >= 0.6 is 0 Å². The summed E-state index contributed by atoms with van der Waals surface area (Å²) in [6.45, 7) is 3.20. The van der Waals surface area contributed by atoms with Crippen LogP contribution in [-0.2, 0) is 10.0 Å². The molecular weight excluding hydrogens is 364 g/mol. The molecule has 0 bridgehead atoms. The number of methoxy groups -OCH3 is 1. The molecule has 0 unspecified atom stereocenters. The van der Waals surface area contributed by atoms with Crippen molar-refractivity contribution in [1.29, 1.82) is 0 Å². The van der Waals surface area contributed by atoms with Gasteiger partial charge < -0.3 is 9.64 Å². The van der Waals surface area contributed by atoms with E-state index in [4.69, 9.17) is 4.74 Å². The summed E-state index contributed by atoms with van der Waals surface area (Å²) >= 11 is 0. The van der Waals surface area contributed by atoms with Crippen LogP contribution in [0.4, 0.5) is 0 Å². The highest BCUT2D eigenvalue weighted by molar-refractivity contribution is 7.89. The van der Waals surface area contributed by atoms with E-state index < -0.39 is 10.0 Å². The molecule has 7 heteroatoms. The number of benzene rings is 1. The molecule has 2 fully saturated rings. The second-order valence-corrected chi connectivity index (χ2v) is 9.74. The van der Waals surface area contributed by atoms with Crippen molar-refractivity contribution < 1.29 is 17.9 Å². The van der Waals surface area contributed by atoms with E-state index >= 15 is 0 Å². The van der Waals surface area contributed by atoms with E-state index in [1.54, 1.807) is 24.1 Å². The van der Waals surface area contributed by atoms with Crippen molar-refractivity contribution >= 4 is 15.9 Å². The predicted octanol–water partition coefficient (Wildman–Crippen LogP) is 3.13. The summed E-state index contributed by atoms with van der Waals surface area (Å²) in [6, 6.07) is 4.83. The standard InChI is InChI=1S/C20H30N2O4S/c1-15-10-12-22(13-11-15)27(24,25)17-8-9-19(26-3)18(14-17)20(23)21(2)16-6-4-5-7-16/h8-9,14-16H,4-7,10-13H2,1-3H3. The minimum absolute atomic E-state index is 0.168. The van der Waals surface area contributed by atoms with Crippen molar-refractivity contribution in [2.24, 2.45) is 5.92 Å². The number of nitrogens with zero attached hydrogens (tertiary/aromatic N) is 2. The van der Waals surface area contributed by atoms with Crippen molar-refractivity contribution in [3.63, 3.8) is 0 Å². The van der Waals surface area contributed by atoms with E-state index in [0.717, 1.165) is 38.5 Å². The lowest BCUT2D eigenvalue weighted by molar-refractivity contribution is 0.0731. The first-order chi connectivity index (χ1) is 12.8. The minimum atomic E-state index is -3.60. The molecule has 1 saturated carbocycles. The zero-order valence-electron chi connectivity index (χ0n) is 16.5. The van der Waals surface area contributed by atoms with Crippen LogP contribution < -0.4 is 4.74 Å². The number of carbonyl (C=O) groups is 1. The smallest absolute Gasteiger partial charge is 0.257 e. The maximum Gasteiger partial charge on any atom is 0.257 e. The fraction of sp³-hybridized carbons (Fsp3) is 0.650. The number of carbonyl (C=O) groups excluding carboxylic acids is 1. The lowest BCUT2D eigenvalue weighted by atomic mass is 10.0. The SMILES string of the molecule is COc1ccc(S(=O)(=O)N2CCC(C)CC2)cc1C(=O)N(C)C1CCCC1. The number of hydrogen-bond donors (Lipinski definition) is 0. The first kappa shape index (κ1) is 20.1. The van der Waals surface area contributed by atoms with E-state index in [9.17, 15) is 13.2 Å². The van der Waals surface area contributed by atoms with Gasteiger partial charge in [-0.3, -0.25) is 4.79 Å². The third-order valence-corrected chi connectivity index (χ3v) is 7.87. The molecule has 27 heavy (non-hydrogen) atoms. The zero-order chi connectivity index (χ0) is 19.6. The van der Waals surface area contributed by atoms with Crippen molar-refractivity contribution in [2.75, 3.05) is 27.2 Å². The lowest BCUT2D eigenvalue weighted by Crippen LogP contribution is -2.38. The van der Waals surface area contributed by atoms with Crippen LogP contribution in [0.3, 0.4) is 0 Å². The normalized spacial score (nSPS) is 20.0. The van der Waals surface area contributed by atoms with Gasteiger partial charge in [0.1, 0.15) is 5.75 Å². The Labute approximate surface area is 162 Å². The molecule has 0 N–H and O–H groups in total. The Balaban J connectivity index is 1.89. The van der Waals surface area contributed by atoms with Gasteiger partial charge in [0.25, 0.3) is 5.91 Å². The molecule has 1 aromatic carbocycles. The van der Waals surface area contributed by atoms with Gasteiger partial charge in [0.15, 0.2) is 0 Å². The van der Waals surface area contributed by atoms with Gasteiger partial charge in [-0.15, -0.1) is 0 Å². The first-order valence-electron chi connectivity index (χ1n) is 9.80. The fourth-order valence-corrected chi connectivity index (χ4v) is 5.53. The molecule has 1 aliphatic heterocycles. The molecule has 1 amide bonds. The van der Waals surface area contributed by atoms with Gasteiger partial charge in [-0.25, -0.2) is 8.42 Å². The number of ether oxygens (including phenoxy) is 1. The molecule has 0 spiro atoms. The van der Waals surface area contributed by atoms with Crippen LogP contribution in [0.1, 0.15) is 55.8 Å². The number of hydrogen-bond acceptors (Lipinski definition) is 4. The highest BCUT2D eigenvalue weighted by Gasteiger charge is 2.31. The van der Waals surface area contributed by atoms with Gasteiger partial charge in [0.05, 0.1) is 17.6 Å². The molecule has 0 radical (unpaired) electrons. The van der Waals surface area contributed by atoms with Crippen molar-refractivity contribution in [3.05, 3.63) is 23.8 Å². The number of amides is 1. The van der Waals surface area contributed by atoms with Crippen LogP contribution in [0, 0.1) is 5.92 Å². The molecular formula is C20H30N2O4S. The average molecular weight is 395 g/mol. The Bertz CT molecular complexity index is 779. The third kappa shape index (κ3) is 4.14. The Hall–Kier alpha value is -1.60. The van der Waals surface area contributed by atoms with Gasteiger partial charge in [0, 0.05) is 26.2 Å². The molecule has 3 rings (SSSR count). The molecule has 1 heterocycles. The predicted molar refractivity (Wildman–Crippen MR) is 105 cm³/mol. The van der Waals surface area contributed by atoms with Gasteiger partial charge in [-0.2, -0.15) is 4.31 Å². The second kappa shape index (κ2) is 8.19. The van der Waals surface area contributed by atoms with E-state index in [1.807, 2.05) is 0 Å². The maximum absolute atomic E-state index is 13.1. The van der Waals surface area contributed by atoms with E-state index in [2.05, 4.69) is 6.92 Å². The van der Waals surface area contributed by atoms with Crippen molar-refractivity contribution in [3.8, 4) is 5.75 Å². The van der Waals surface area contributed by atoms with Crippen LogP contribution in [-0.4, -0.2) is 56.8 Å². The van der Waals surface area contributed by atoms with Gasteiger partial charge >= 0.3 is 0 Å². The van der Waals surface area contributed by atoms with Gasteiger partial charge in [0.2, 0.25) is 10.0 Å². The number of sulfonamides is 1. The van der Waals surface area contributed by atoms with Crippen molar-refractivity contribution in [2.45, 2.75) is 56.4 Å². The van der Waals surface area contributed by atoms with Crippen LogP contribution in [0.5, 0.6) is 5.75 Å². The van der Waals surface area contributed by atoms with E-state index in [1.165, 1.54) is 17.5 Å². The Kier molecular flexibility index (Phi) is 6.11. The van der Waals surface area contributed by atoms with Crippen molar-refractivity contribution in [1.82, 2.24) is 9.21 Å². The number of piperidine rings is 1. The topological polar surface area (TPSA) is 66.9 Å². The largest absolute Gasteiger partial charge is 0.496 e. The summed E-state index contributed by atoms with van der Waals surface area (Å²) < 4.78 is 33.0. The monoisotopic (exact) mass is 394 g/mol. The summed E-state index contributed by atoms with van der Waals surface area (Å²) in [5.74, 6) is 0.781. The molecule has 6 nitrogen and oxygen atoms in total. The first-order valence-corrected chi connectivity index (χ1v) is 11.2. The maximum atomic E-state index is 13.1. The summed E-state index contributed by atoms with van der Waals surface area (Å²) in [4.78, 5) is 15.0. The summed E-state index contributed by atoms with van der Waals surface area (Å²) in [5, 5.41) is 0. The zero-order valence-corrected chi connectivity index (χ0v) is 17.3. The van der Waals surface area contributed by atoms with Crippen LogP contribution in [0.25, 0.3) is 0 Å². The quantitative estimate of drug-likeness (QED) is 0.769. The average Bonchev–Trinajstić information content (AvgIpc) is 3.21. The van der Waals surface area contributed by atoms with Crippen LogP contribution in [0.15, 0.2) is 23.1 Å². The summed E-state index contributed by atoms with van der Waals surface area (Å²) in [6.07, 6.45) is 5.97.